The number of hydrazine groups is 1. The molecule has 0 heterocycles. The van der Waals surface area contributed by atoms with Crippen molar-refractivity contribution in [2.24, 2.45) is 5.84 Å². The van der Waals surface area contributed by atoms with Crippen LogP contribution in [0.2, 0.25) is 25.1 Å². The molecule has 1 aromatic carbocycles. The van der Waals surface area contributed by atoms with Crippen molar-refractivity contribution in [3.8, 4) is 0 Å². The number of benzene rings is 1. The first-order valence-electron chi connectivity index (χ1n) is 4.03. The summed E-state index contributed by atoms with van der Waals surface area (Å²) in [4.78, 5) is 11.4. The minimum absolute atomic E-state index is 0.0320. The van der Waals surface area contributed by atoms with Crippen molar-refractivity contribution < 1.29 is 4.79 Å². The summed E-state index contributed by atoms with van der Waals surface area (Å²) < 4.78 is 0. The molecule has 94 valence electrons. The van der Waals surface area contributed by atoms with Crippen LogP contribution in [0, 0.1) is 0 Å². The summed E-state index contributed by atoms with van der Waals surface area (Å²) in [5.41, 5.74) is 1.98. The summed E-state index contributed by atoms with van der Waals surface area (Å²) in [7, 11) is 0. The number of hydrogen-bond donors (Lipinski definition) is 2. The lowest BCUT2D eigenvalue weighted by molar-refractivity contribution is -0.118. The van der Waals surface area contributed by atoms with Gasteiger partial charge in [0.1, 0.15) is 0 Å². The average Bonchev–Trinajstić information content (AvgIpc) is 2.33. The lowest BCUT2D eigenvalue weighted by atomic mass is 10.3. The highest BCUT2D eigenvalue weighted by molar-refractivity contribution is 8.00. The molecule has 0 fully saturated rings. The SMILES string of the molecule is NNC(=O)CSc1c(Cl)c(Cl)c(Cl)c(Cl)c1Cl. The predicted molar refractivity (Wildman–Crippen MR) is 74.5 cm³/mol. The third kappa shape index (κ3) is 3.47. The Hall–Kier alpha value is 0.450. The molecular formula is C8H5Cl5N2OS. The van der Waals surface area contributed by atoms with Gasteiger partial charge in [-0.1, -0.05) is 58.0 Å². The highest BCUT2D eigenvalue weighted by Crippen LogP contribution is 2.47. The van der Waals surface area contributed by atoms with Gasteiger partial charge in [0.05, 0.1) is 30.9 Å². The normalized spacial score (nSPS) is 10.5. The smallest absolute Gasteiger partial charge is 0.244 e. The highest BCUT2D eigenvalue weighted by Gasteiger charge is 2.20. The number of amides is 1. The fourth-order valence-electron chi connectivity index (χ4n) is 0.891. The lowest BCUT2D eigenvalue weighted by Gasteiger charge is -2.11. The van der Waals surface area contributed by atoms with E-state index in [0.29, 0.717) is 4.90 Å². The molecule has 1 rings (SSSR count). The van der Waals surface area contributed by atoms with E-state index in [2.05, 4.69) is 0 Å². The molecule has 0 aliphatic rings. The van der Waals surface area contributed by atoms with Crippen molar-refractivity contribution >= 4 is 75.7 Å². The number of carbonyl (C=O) groups excluding carboxylic acids is 1. The molecule has 3 N–H and O–H groups in total. The monoisotopic (exact) mass is 352 g/mol. The lowest BCUT2D eigenvalue weighted by Crippen LogP contribution is -2.31. The van der Waals surface area contributed by atoms with E-state index in [-0.39, 0.29) is 36.8 Å². The van der Waals surface area contributed by atoms with Gasteiger partial charge >= 0.3 is 0 Å². The van der Waals surface area contributed by atoms with Crippen molar-refractivity contribution in [3.05, 3.63) is 25.1 Å². The maximum absolute atomic E-state index is 11.0. The Bertz CT molecular complexity index is 439. The van der Waals surface area contributed by atoms with Gasteiger partial charge in [-0.15, -0.1) is 11.8 Å². The first-order chi connectivity index (χ1) is 7.90. The van der Waals surface area contributed by atoms with Crippen LogP contribution >= 0.6 is 69.8 Å². The van der Waals surface area contributed by atoms with E-state index in [1.807, 2.05) is 5.43 Å². The Balaban J connectivity index is 3.12. The molecule has 0 aliphatic heterocycles. The second-order valence-corrected chi connectivity index (χ2v) is 5.63. The maximum Gasteiger partial charge on any atom is 0.244 e. The van der Waals surface area contributed by atoms with Gasteiger partial charge in [-0.05, 0) is 0 Å². The maximum atomic E-state index is 11.0. The van der Waals surface area contributed by atoms with Crippen molar-refractivity contribution in [2.75, 3.05) is 5.75 Å². The second kappa shape index (κ2) is 6.57. The first kappa shape index (κ1) is 15.5. The Morgan fingerprint density at radius 1 is 1.00 bits per heavy atom. The summed E-state index contributed by atoms with van der Waals surface area (Å²) in [6.45, 7) is 0. The first-order valence-corrected chi connectivity index (χ1v) is 6.91. The summed E-state index contributed by atoms with van der Waals surface area (Å²) in [6, 6.07) is 0. The van der Waals surface area contributed by atoms with Crippen molar-refractivity contribution in [1.82, 2.24) is 5.43 Å². The van der Waals surface area contributed by atoms with E-state index >= 15 is 0 Å². The van der Waals surface area contributed by atoms with Crippen LogP contribution in [0.5, 0.6) is 0 Å². The summed E-state index contributed by atoms with van der Waals surface area (Å²) in [5, 5.41) is 0.578. The molecule has 1 aromatic rings. The zero-order chi connectivity index (χ0) is 13.2. The molecule has 0 bridgehead atoms. The Morgan fingerprint density at radius 2 is 1.41 bits per heavy atom. The van der Waals surface area contributed by atoms with Crippen molar-refractivity contribution in [3.63, 3.8) is 0 Å². The predicted octanol–water partition coefficient (Wildman–Crippen LogP) is 4.04. The molecule has 3 nitrogen and oxygen atoms in total. The number of nitrogens with two attached hydrogens (primary N) is 1. The van der Waals surface area contributed by atoms with Crippen LogP contribution in [-0.2, 0) is 4.79 Å². The van der Waals surface area contributed by atoms with Crippen LogP contribution in [0.15, 0.2) is 4.90 Å². The van der Waals surface area contributed by atoms with Crippen LogP contribution in [-0.4, -0.2) is 11.7 Å². The molecule has 0 spiro atoms. The number of nitrogens with one attached hydrogen (secondary N) is 1. The third-order valence-corrected chi connectivity index (χ3v) is 5.28. The van der Waals surface area contributed by atoms with Gasteiger partial charge in [0.15, 0.2) is 0 Å². The molecule has 0 aromatic heterocycles. The minimum atomic E-state index is -0.385. The number of hydrogen-bond acceptors (Lipinski definition) is 3. The molecule has 0 aliphatic carbocycles. The van der Waals surface area contributed by atoms with Gasteiger partial charge in [0.2, 0.25) is 5.91 Å². The Kier molecular flexibility index (Phi) is 5.99. The Morgan fingerprint density at radius 3 is 1.82 bits per heavy atom. The van der Waals surface area contributed by atoms with E-state index in [1.165, 1.54) is 0 Å². The molecule has 1 amide bonds. The fraction of sp³-hybridized carbons (Fsp3) is 0.125. The highest BCUT2D eigenvalue weighted by atomic mass is 35.5. The third-order valence-electron chi connectivity index (χ3n) is 1.68. The van der Waals surface area contributed by atoms with Crippen LogP contribution in [0.3, 0.4) is 0 Å². The molecule has 17 heavy (non-hydrogen) atoms. The molecule has 0 radical (unpaired) electrons. The summed E-state index contributed by atoms with van der Waals surface area (Å²) in [6.07, 6.45) is 0. The zero-order valence-corrected chi connectivity index (χ0v) is 12.6. The van der Waals surface area contributed by atoms with Crippen LogP contribution in [0.25, 0.3) is 0 Å². The van der Waals surface area contributed by atoms with E-state index in [9.17, 15) is 4.79 Å². The topological polar surface area (TPSA) is 55.1 Å². The van der Waals surface area contributed by atoms with E-state index in [1.54, 1.807) is 0 Å². The van der Waals surface area contributed by atoms with E-state index in [0.717, 1.165) is 11.8 Å². The number of rotatable bonds is 3. The largest absolute Gasteiger partial charge is 0.294 e. The molecule has 9 heteroatoms. The number of thioether (sulfide) groups is 1. The summed E-state index contributed by atoms with van der Waals surface area (Å²) >= 11 is 30.5. The number of halogens is 5. The van der Waals surface area contributed by atoms with Crippen LogP contribution in [0.1, 0.15) is 0 Å². The Labute approximate surface area is 127 Å². The van der Waals surface area contributed by atoms with Crippen molar-refractivity contribution in [1.29, 1.82) is 0 Å². The van der Waals surface area contributed by atoms with Crippen molar-refractivity contribution in [2.45, 2.75) is 4.90 Å². The van der Waals surface area contributed by atoms with Gasteiger partial charge in [-0.3, -0.25) is 10.2 Å². The van der Waals surface area contributed by atoms with Gasteiger partial charge in [0, 0.05) is 4.90 Å². The zero-order valence-electron chi connectivity index (χ0n) is 7.99. The van der Waals surface area contributed by atoms with Crippen LogP contribution < -0.4 is 11.3 Å². The van der Waals surface area contributed by atoms with Gasteiger partial charge < -0.3 is 0 Å². The fourth-order valence-corrected chi connectivity index (χ4v) is 3.28. The van der Waals surface area contributed by atoms with E-state index in [4.69, 9.17) is 63.8 Å². The molecule has 0 saturated carbocycles. The summed E-state index contributed by atoms with van der Waals surface area (Å²) in [5.74, 6) is 4.59. The minimum Gasteiger partial charge on any atom is -0.294 e. The van der Waals surface area contributed by atoms with E-state index < -0.39 is 0 Å². The second-order valence-electron chi connectivity index (χ2n) is 2.76. The molecule has 0 atom stereocenters. The molecule has 0 unspecified atom stereocenters. The molecular weight excluding hydrogens is 349 g/mol. The molecule has 0 saturated heterocycles. The standard InChI is InChI=1S/C8H5Cl5N2OS/c9-3-4(10)6(12)8(7(13)5(3)11)17-1-2(16)15-14/h1,14H2,(H,15,16). The number of carbonyl (C=O) groups is 1. The van der Waals surface area contributed by atoms with Crippen LogP contribution in [0.4, 0.5) is 0 Å². The average molecular weight is 354 g/mol. The van der Waals surface area contributed by atoms with Gasteiger partial charge in [0.25, 0.3) is 0 Å². The quantitative estimate of drug-likeness (QED) is 0.215. The van der Waals surface area contributed by atoms with Gasteiger partial charge in [-0.25, -0.2) is 5.84 Å². The van der Waals surface area contributed by atoms with Gasteiger partial charge in [-0.2, -0.15) is 0 Å².